The topological polar surface area (TPSA) is 78.8 Å². The summed E-state index contributed by atoms with van der Waals surface area (Å²) in [6.45, 7) is 2.48. The summed E-state index contributed by atoms with van der Waals surface area (Å²) in [5.41, 5.74) is 1.44. The lowest BCUT2D eigenvalue weighted by Crippen LogP contribution is -2.33. The molecule has 3 N–H and O–H groups in total. The summed E-state index contributed by atoms with van der Waals surface area (Å²) >= 11 is 5.51. The van der Waals surface area contributed by atoms with Crippen molar-refractivity contribution in [2.45, 2.75) is 31.6 Å². The molecular formula is C21H26ClNO4. The summed E-state index contributed by atoms with van der Waals surface area (Å²) in [5, 5.41) is 22.9. The van der Waals surface area contributed by atoms with Gasteiger partial charge in [-0.2, -0.15) is 0 Å². The first-order chi connectivity index (χ1) is 13.0. The molecule has 0 aliphatic carbocycles. The summed E-state index contributed by atoms with van der Waals surface area (Å²) in [6, 6.07) is 16.1. The van der Waals surface area contributed by atoms with Gasteiger partial charge in [-0.1, -0.05) is 30.3 Å². The zero-order valence-corrected chi connectivity index (χ0v) is 16.1. The molecule has 5 nitrogen and oxygen atoms in total. The molecule has 0 aromatic heterocycles. The molecule has 2 aromatic rings. The molecule has 0 saturated heterocycles. The van der Waals surface area contributed by atoms with Crippen LogP contribution in [0.5, 0.6) is 5.75 Å². The van der Waals surface area contributed by atoms with Crippen LogP contribution in [0.25, 0.3) is 0 Å². The van der Waals surface area contributed by atoms with Crippen LogP contribution in [0, 0.1) is 0 Å². The Labute approximate surface area is 164 Å². The maximum atomic E-state index is 12.3. The van der Waals surface area contributed by atoms with Crippen LogP contribution in [-0.2, 0) is 0 Å². The van der Waals surface area contributed by atoms with Crippen molar-refractivity contribution in [1.29, 1.82) is 0 Å². The Bertz CT molecular complexity index is 693. The van der Waals surface area contributed by atoms with E-state index in [2.05, 4.69) is 5.32 Å². The fourth-order valence-electron chi connectivity index (χ4n) is 2.58. The molecule has 0 saturated carbocycles. The van der Waals surface area contributed by atoms with E-state index in [0.717, 1.165) is 5.56 Å². The molecule has 0 aliphatic heterocycles. The number of ether oxygens (including phenoxy) is 1. The largest absolute Gasteiger partial charge is 0.491 e. The molecule has 0 bridgehead atoms. The van der Waals surface area contributed by atoms with E-state index in [1.165, 1.54) is 0 Å². The summed E-state index contributed by atoms with van der Waals surface area (Å²) in [5.74, 6) is 0.700. The Morgan fingerprint density at radius 2 is 1.78 bits per heavy atom. The Morgan fingerprint density at radius 3 is 2.41 bits per heavy atom. The van der Waals surface area contributed by atoms with Crippen molar-refractivity contribution < 1.29 is 19.7 Å². The highest BCUT2D eigenvalue weighted by Gasteiger charge is 2.16. The van der Waals surface area contributed by atoms with E-state index in [0.29, 0.717) is 24.3 Å². The van der Waals surface area contributed by atoms with Crippen LogP contribution in [0.3, 0.4) is 0 Å². The van der Waals surface area contributed by atoms with Crippen molar-refractivity contribution in [3.8, 4) is 5.75 Å². The minimum Gasteiger partial charge on any atom is -0.491 e. The predicted molar refractivity (Wildman–Crippen MR) is 106 cm³/mol. The van der Waals surface area contributed by atoms with Crippen LogP contribution < -0.4 is 10.1 Å². The average molecular weight is 392 g/mol. The van der Waals surface area contributed by atoms with Crippen LogP contribution in [-0.4, -0.2) is 47.2 Å². The van der Waals surface area contributed by atoms with Crippen LogP contribution in [0.2, 0.25) is 0 Å². The molecule has 0 spiro atoms. The molecular weight excluding hydrogens is 366 g/mol. The highest BCUT2D eigenvalue weighted by molar-refractivity contribution is 6.18. The monoisotopic (exact) mass is 391 g/mol. The number of nitrogens with one attached hydrogen (secondary N) is 1. The predicted octanol–water partition coefficient (Wildman–Crippen LogP) is 2.95. The average Bonchev–Trinajstić information content (AvgIpc) is 2.72. The summed E-state index contributed by atoms with van der Waals surface area (Å²) in [6.07, 6.45) is -1.01. The number of hydrogen-bond donors (Lipinski definition) is 3. The number of Topliss-reactive ketones (excluding diaryl/α,β-unsaturated/α-hetero) is 1. The number of carbonyl (C=O) groups is 1. The van der Waals surface area contributed by atoms with Crippen molar-refractivity contribution >= 4 is 17.4 Å². The zero-order chi connectivity index (χ0) is 19.6. The van der Waals surface area contributed by atoms with E-state index in [1.807, 2.05) is 37.3 Å². The number of benzene rings is 2. The molecule has 2 rings (SSSR count). The minimum atomic E-state index is -0.715. The van der Waals surface area contributed by atoms with Gasteiger partial charge < -0.3 is 20.3 Å². The molecule has 0 aliphatic rings. The van der Waals surface area contributed by atoms with Crippen molar-refractivity contribution in [3.63, 3.8) is 0 Å². The SMILES string of the molecule is CC(NCCC(=O)c1ccc(OCC(O)CCl)cc1)C(O)c1ccccc1. The lowest BCUT2D eigenvalue weighted by Gasteiger charge is -2.20. The van der Waals surface area contributed by atoms with Gasteiger partial charge in [0.15, 0.2) is 5.78 Å². The van der Waals surface area contributed by atoms with Gasteiger partial charge >= 0.3 is 0 Å². The number of carbonyl (C=O) groups excluding carboxylic acids is 1. The first-order valence-electron chi connectivity index (χ1n) is 8.97. The molecule has 0 amide bonds. The number of aliphatic hydroxyl groups excluding tert-OH is 2. The van der Waals surface area contributed by atoms with Crippen molar-refractivity contribution in [2.75, 3.05) is 19.0 Å². The third kappa shape index (κ3) is 6.96. The van der Waals surface area contributed by atoms with Crippen LogP contribution >= 0.6 is 11.6 Å². The Kier molecular flexibility index (Phi) is 8.75. The van der Waals surface area contributed by atoms with Crippen LogP contribution in [0.15, 0.2) is 54.6 Å². The van der Waals surface area contributed by atoms with E-state index in [4.69, 9.17) is 16.3 Å². The van der Waals surface area contributed by atoms with Gasteiger partial charge in [0.25, 0.3) is 0 Å². The fraction of sp³-hybridized carbons (Fsp3) is 0.381. The van der Waals surface area contributed by atoms with Crippen molar-refractivity contribution in [1.82, 2.24) is 5.32 Å². The summed E-state index contributed by atoms with van der Waals surface area (Å²) < 4.78 is 5.39. The quantitative estimate of drug-likeness (QED) is 0.405. The second-order valence-electron chi connectivity index (χ2n) is 6.42. The normalized spacial score (nSPS) is 14.4. The number of rotatable bonds is 11. The fourth-order valence-corrected chi connectivity index (χ4v) is 2.67. The third-order valence-electron chi connectivity index (χ3n) is 4.23. The lowest BCUT2D eigenvalue weighted by molar-refractivity contribution is 0.0971. The molecule has 146 valence electrons. The number of aliphatic hydroxyl groups is 2. The molecule has 3 atom stereocenters. The Morgan fingerprint density at radius 1 is 1.11 bits per heavy atom. The summed E-state index contributed by atoms with van der Waals surface area (Å²) in [4.78, 5) is 12.3. The summed E-state index contributed by atoms with van der Waals surface area (Å²) in [7, 11) is 0. The molecule has 2 aromatic carbocycles. The van der Waals surface area contributed by atoms with Gasteiger partial charge in [0.05, 0.1) is 12.0 Å². The van der Waals surface area contributed by atoms with E-state index in [1.54, 1.807) is 24.3 Å². The highest BCUT2D eigenvalue weighted by Crippen LogP contribution is 2.17. The minimum absolute atomic E-state index is 0.0104. The first-order valence-corrected chi connectivity index (χ1v) is 9.51. The van der Waals surface area contributed by atoms with Gasteiger partial charge in [0.1, 0.15) is 18.5 Å². The first kappa shape index (κ1) is 21.4. The van der Waals surface area contributed by atoms with Gasteiger partial charge in [0, 0.05) is 24.6 Å². The van der Waals surface area contributed by atoms with Gasteiger partial charge in [-0.05, 0) is 36.8 Å². The van der Waals surface area contributed by atoms with E-state index >= 15 is 0 Å². The molecule has 0 heterocycles. The lowest BCUT2D eigenvalue weighted by atomic mass is 10.0. The van der Waals surface area contributed by atoms with Gasteiger partial charge in [-0.3, -0.25) is 4.79 Å². The molecule has 0 radical (unpaired) electrons. The standard InChI is InChI=1S/C21H26ClNO4/c1-15(21(26)17-5-3-2-4-6-17)23-12-11-20(25)16-7-9-19(10-8-16)27-14-18(24)13-22/h2-10,15,18,21,23-24,26H,11-14H2,1H3. The molecule has 0 fully saturated rings. The third-order valence-corrected chi connectivity index (χ3v) is 4.59. The van der Waals surface area contributed by atoms with E-state index in [9.17, 15) is 15.0 Å². The van der Waals surface area contributed by atoms with Gasteiger partial charge in [-0.25, -0.2) is 0 Å². The smallest absolute Gasteiger partial charge is 0.164 e. The number of halogens is 1. The highest BCUT2D eigenvalue weighted by atomic mass is 35.5. The van der Waals surface area contributed by atoms with Crippen LogP contribution in [0.4, 0.5) is 0 Å². The van der Waals surface area contributed by atoms with E-state index in [-0.39, 0.29) is 24.3 Å². The Hall–Kier alpha value is -1.92. The number of ketones is 1. The van der Waals surface area contributed by atoms with Crippen molar-refractivity contribution in [3.05, 3.63) is 65.7 Å². The van der Waals surface area contributed by atoms with E-state index < -0.39 is 12.2 Å². The maximum Gasteiger partial charge on any atom is 0.164 e. The number of alkyl halides is 1. The zero-order valence-electron chi connectivity index (χ0n) is 15.3. The Balaban J connectivity index is 1.76. The second-order valence-corrected chi connectivity index (χ2v) is 6.72. The molecule has 3 unspecified atom stereocenters. The van der Waals surface area contributed by atoms with Crippen molar-refractivity contribution in [2.24, 2.45) is 0 Å². The molecule has 6 heteroatoms. The van der Waals surface area contributed by atoms with Crippen LogP contribution in [0.1, 0.15) is 35.4 Å². The second kappa shape index (κ2) is 11.0. The maximum absolute atomic E-state index is 12.3. The molecule has 27 heavy (non-hydrogen) atoms. The number of hydrogen-bond acceptors (Lipinski definition) is 5. The van der Waals surface area contributed by atoms with Gasteiger partial charge in [-0.15, -0.1) is 11.6 Å². The van der Waals surface area contributed by atoms with Gasteiger partial charge in [0.2, 0.25) is 0 Å².